The minimum absolute atomic E-state index is 0.0945. The molecule has 8 heteroatoms. The van der Waals surface area contributed by atoms with E-state index in [-0.39, 0.29) is 17.8 Å². The number of carbonyl (C=O) groups is 1. The average molecular weight is 326 g/mol. The summed E-state index contributed by atoms with van der Waals surface area (Å²) in [5.74, 6) is -5.56. The maximum atomic E-state index is 12.9. The maximum absolute atomic E-state index is 12.9. The molecule has 3 aliphatic carbocycles. The molecule has 0 radical (unpaired) electrons. The van der Waals surface area contributed by atoms with E-state index < -0.39 is 30.3 Å². The summed E-state index contributed by atoms with van der Waals surface area (Å²) in [5, 5.41) is 0. The third kappa shape index (κ3) is 1.99. The molecule has 0 heterocycles. The molecule has 0 saturated heterocycles. The summed E-state index contributed by atoms with van der Waals surface area (Å²) in [6, 6.07) is 0. The number of halogens is 5. The monoisotopic (exact) mass is 326 g/mol. The van der Waals surface area contributed by atoms with E-state index in [4.69, 9.17) is 0 Å². The zero-order valence-corrected chi connectivity index (χ0v) is 11.6. The number of hydrogen-bond acceptors (Lipinski definition) is 3. The number of methoxy groups -OCH3 is 1. The fraction of sp³-hybridized carbons (Fsp3) is 0.786. The summed E-state index contributed by atoms with van der Waals surface area (Å²) in [6.07, 6.45) is -4.26. The lowest BCUT2D eigenvalue weighted by molar-refractivity contribution is -0.396. The fourth-order valence-electron chi connectivity index (χ4n) is 4.10. The van der Waals surface area contributed by atoms with Crippen LogP contribution in [0.1, 0.15) is 12.8 Å². The Balaban J connectivity index is 1.74. The number of allylic oxidation sites excluding steroid dienone is 2. The Bertz CT molecular complexity index is 503. The molecular weight excluding hydrogens is 311 g/mol. The number of esters is 1. The Morgan fingerprint density at radius 2 is 1.82 bits per heavy atom. The summed E-state index contributed by atoms with van der Waals surface area (Å²) in [4.78, 5) is 12.0. The topological polar surface area (TPSA) is 35.5 Å². The number of rotatable bonds is 4. The second kappa shape index (κ2) is 4.91. The van der Waals surface area contributed by atoms with Gasteiger partial charge in [-0.15, -0.1) is 0 Å². The minimum atomic E-state index is -5.51. The van der Waals surface area contributed by atoms with E-state index in [1.54, 1.807) is 0 Å². The third-order valence-electron chi connectivity index (χ3n) is 5.22. The summed E-state index contributed by atoms with van der Waals surface area (Å²) in [6.45, 7) is 0. The Labute approximate surface area is 123 Å². The number of fused-ring (bicyclic) bond motifs is 5. The van der Waals surface area contributed by atoms with Gasteiger partial charge >= 0.3 is 24.4 Å². The molecule has 3 rings (SSSR count). The summed E-state index contributed by atoms with van der Waals surface area (Å²) in [5.41, 5.74) is 0. The first-order valence-corrected chi connectivity index (χ1v) is 7.02. The van der Waals surface area contributed by atoms with Crippen molar-refractivity contribution in [3.63, 3.8) is 0 Å². The lowest BCUT2D eigenvalue weighted by Crippen LogP contribution is -2.58. The molecule has 0 aliphatic heterocycles. The van der Waals surface area contributed by atoms with Crippen LogP contribution in [0.25, 0.3) is 0 Å². The number of hydrogen-bond donors (Lipinski definition) is 0. The van der Waals surface area contributed by atoms with Crippen molar-refractivity contribution in [3.05, 3.63) is 12.2 Å². The maximum Gasteiger partial charge on any atom is 0.461 e. The Hall–Kier alpha value is -1.18. The highest BCUT2D eigenvalue weighted by molar-refractivity contribution is 5.75. The molecule has 0 aromatic rings. The molecule has 2 fully saturated rings. The molecule has 2 saturated carbocycles. The molecule has 0 amide bonds. The van der Waals surface area contributed by atoms with Gasteiger partial charge in [-0.05, 0) is 36.5 Å². The largest absolute Gasteiger partial charge is 0.461 e. The average Bonchev–Trinajstić information content (AvgIpc) is 2.90. The van der Waals surface area contributed by atoms with Gasteiger partial charge in [-0.2, -0.15) is 13.2 Å². The quantitative estimate of drug-likeness (QED) is 0.345. The third-order valence-corrected chi connectivity index (χ3v) is 5.22. The van der Waals surface area contributed by atoms with Crippen LogP contribution in [-0.2, 0) is 14.3 Å². The van der Waals surface area contributed by atoms with Gasteiger partial charge in [0.15, 0.2) is 0 Å². The molecule has 22 heavy (non-hydrogen) atoms. The van der Waals surface area contributed by atoms with E-state index in [0.29, 0.717) is 19.4 Å². The highest BCUT2D eigenvalue weighted by atomic mass is 19.4. The van der Waals surface area contributed by atoms with Gasteiger partial charge in [-0.25, -0.2) is 8.78 Å². The van der Waals surface area contributed by atoms with Crippen LogP contribution >= 0.6 is 0 Å². The van der Waals surface area contributed by atoms with E-state index in [1.807, 2.05) is 6.08 Å². The lowest BCUT2D eigenvalue weighted by atomic mass is 9.60. The van der Waals surface area contributed by atoms with E-state index >= 15 is 0 Å². The van der Waals surface area contributed by atoms with Gasteiger partial charge in [0.2, 0.25) is 0 Å². The SMILES string of the molecule is COC(OC(=O)C1CC2C3C=CC(C3)C12)(C(F)F)C(F)(F)F. The second-order valence-corrected chi connectivity index (χ2v) is 6.12. The van der Waals surface area contributed by atoms with E-state index in [9.17, 15) is 26.7 Å². The second-order valence-electron chi connectivity index (χ2n) is 6.12. The predicted molar refractivity (Wildman–Crippen MR) is 63.7 cm³/mol. The molecule has 3 nitrogen and oxygen atoms in total. The van der Waals surface area contributed by atoms with Gasteiger partial charge in [-0.3, -0.25) is 4.79 Å². The lowest BCUT2D eigenvalue weighted by Gasteiger charge is -2.45. The van der Waals surface area contributed by atoms with Crippen molar-refractivity contribution in [2.24, 2.45) is 29.6 Å². The minimum Gasteiger partial charge on any atom is -0.418 e. The van der Waals surface area contributed by atoms with Crippen molar-refractivity contribution >= 4 is 5.97 Å². The van der Waals surface area contributed by atoms with Crippen molar-refractivity contribution in [1.29, 1.82) is 0 Å². The van der Waals surface area contributed by atoms with E-state index in [0.717, 1.165) is 6.42 Å². The van der Waals surface area contributed by atoms with Crippen molar-refractivity contribution in [1.82, 2.24) is 0 Å². The first-order valence-electron chi connectivity index (χ1n) is 7.02. The van der Waals surface area contributed by atoms with Crippen LogP contribution in [-0.4, -0.2) is 31.5 Å². The van der Waals surface area contributed by atoms with Crippen LogP contribution in [0.5, 0.6) is 0 Å². The van der Waals surface area contributed by atoms with Crippen LogP contribution in [0, 0.1) is 29.6 Å². The van der Waals surface area contributed by atoms with Gasteiger partial charge < -0.3 is 9.47 Å². The van der Waals surface area contributed by atoms with Crippen molar-refractivity contribution < 1.29 is 36.2 Å². The Morgan fingerprint density at radius 1 is 1.18 bits per heavy atom. The molecule has 6 unspecified atom stereocenters. The molecular formula is C14H15F5O3. The van der Waals surface area contributed by atoms with Crippen molar-refractivity contribution in [3.8, 4) is 0 Å². The van der Waals surface area contributed by atoms with Gasteiger partial charge in [0.1, 0.15) is 0 Å². The Morgan fingerprint density at radius 3 is 2.32 bits per heavy atom. The van der Waals surface area contributed by atoms with Crippen LogP contribution in [0.4, 0.5) is 22.0 Å². The molecule has 0 N–H and O–H groups in total. The fourth-order valence-corrected chi connectivity index (χ4v) is 4.10. The standard InChI is InChI=1S/C14H15F5O3/c1-21-13(12(15)16,14(17,18)19)22-11(20)9-5-8-6-2-3-7(4-6)10(8)9/h2-3,6-10,12H,4-5H2,1H3. The van der Waals surface area contributed by atoms with Crippen LogP contribution in [0.2, 0.25) is 0 Å². The summed E-state index contributed by atoms with van der Waals surface area (Å²) < 4.78 is 72.5. The zero-order valence-electron chi connectivity index (χ0n) is 11.6. The van der Waals surface area contributed by atoms with Gasteiger partial charge in [-0.1, -0.05) is 12.2 Å². The van der Waals surface area contributed by atoms with Gasteiger partial charge in [0.05, 0.1) is 5.92 Å². The van der Waals surface area contributed by atoms with Crippen molar-refractivity contribution in [2.75, 3.05) is 7.11 Å². The summed E-state index contributed by atoms with van der Waals surface area (Å²) >= 11 is 0. The first kappa shape index (κ1) is 15.7. The molecule has 3 aliphatic rings. The van der Waals surface area contributed by atoms with E-state index in [1.165, 1.54) is 0 Å². The number of ether oxygens (including phenoxy) is 2. The number of carbonyl (C=O) groups excluding carboxylic acids is 1. The highest BCUT2D eigenvalue weighted by Gasteiger charge is 2.68. The van der Waals surface area contributed by atoms with Crippen LogP contribution < -0.4 is 0 Å². The highest BCUT2D eigenvalue weighted by Crippen LogP contribution is 2.61. The molecule has 6 atom stereocenters. The molecule has 0 aromatic heterocycles. The molecule has 0 spiro atoms. The van der Waals surface area contributed by atoms with Gasteiger partial charge in [0, 0.05) is 7.11 Å². The molecule has 2 bridgehead atoms. The summed E-state index contributed by atoms with van der Waals surface area (Å²) in [7, 11) is 0.455. The zero-order chi connectivity index (χ0) is 16.3. The van der Waals surface area contributed by atoms with Crippen LogP contribution in [0.3, 0.4) is 0 Å². The predicted octanol–water partition coefficient (Wildman–Crippen LogP) is 3.16. The molecule has 124 valence electrons. The van der Waals surface area contributed by atoms with Gasteiger partial charge in [0.25, 0.3) is 0 Å². The Kier molecular flexibility index (Phi) is 3.50. The molecule has 0 aromatic carbocycles. The van der Waals surface area contributed by atoms with Crippen molar-refractivity contribution in [2.45, 2.75) is 31.2 Å². The normalized spacial score (nSPS) is 38.6. The first-order chi connectivity index (χ1) is 10.2. The van der Waals surface area contributed by atoms with E-state index in [2.05, 4.69) is 15.5 Å². The number of alkyl halides is 5. The smallest absolute Gasteiger partial charge is 0.418 e. The van der Waals surface area contributed by atoms with Crippen LogP contribution in [0.15, 0.2) is 12.2 Å².